The number of carbonyl (C=O) groups is 1. The Morgan fingerprint density at radius 1 is 1.29 bits per heavy atom. The molecule has 122 valence electrons. The number of nitrogens with two attached hydrogens (primary N) is 1. The standard InChI is InChI=1S/C16H30N2O3/c1-6-20-13(19)16(17)8-7-12(9-16)18-10-14(2,3)21-15(4,5)11-18/h12H,6-11,17H2,1-5H3. The second-order valence-electron chi connectivity index (χ2n) is 7.80. The first-order chi connectivity index (χ1) is 9.57. The molecule has 0 radical (unpaired) electrons. The number of rotatable bonds is 3. The van der Waals surface area contributed by atoms with Gasteiger partial charge in [0.05, 0.1) is 17.8 Å². The number of carbonyl (C=O) groups excluding carboxylic acids is 1. The zero-order valence-electron chi connectivity index (χ0n) is 14.1. The Labute approximate surface area is 128 Å². The van der Waals surface area contributed by atoms with Crippen LogP contribution in [0.3, 0.4) is 0 Å². The molecule has 1 aliphatic carbocycles. The van der Waals surface area contributed by atoms with Crippen LogP contribution in [0.25, 0.3) is 0 Å². The third kappa shape index (κ3) is 3.76. The maximum Gasteiger partial charge on any atom is 0.326 e. The van der Waals surface area contributed by atoms with E-state index in [4.69, 9.17) is 15.2 Å². The lowest BCUT2D eigenvalue weighted by Gasteiger charge is -2.49. The summed E-state index contributed by atoms with van der Waals surface area (Å²) in [6.07, 6.45) is 2.33. The summed E-state index contributed by atoms with van der Waals surface area (Å²) in [6, 6.07) is 0.335. The molecule has 2 atom stereocenters. The van der Waals surface area contributed by atoms with E-state index in [1.807, 2.05) is 6.92 Å². The lowest BCUT2D eigenvalue weighted by molar-refractivity contribution is -0.187. The Kier molecular flexibility index (Phi) is 4.40. The van der Waals surface area contributed by atoms with Crippen LogP contribution in [0.15, 0.2) is 0 Å². The summed E-state index contributed by atoms with van der Waals surface area (Å²) in [7, 11) is 0. The minimum absolute atomic E-state index is 0.175. The smallest absolute Gasteiger partial charge is 0.326 e. The van der Waals surface area contributed by atoms with Crippen molar-refractivity contribution in [2.75, 3.05) is 19.7 Å². The Hall–Kier alpha value is -0.650. The minimum Gasteiger partial charge on any atom is -0.465 e. The molecule has 1 heterocycles. The molecule has 0 aromatic carbocycles. The number of morpholine rings is 1. The number of hydrogen-bond acceptors (Lipinski definition) is 5. The molecule has 2 fully saturated rings. The lowest BCUT2D eigenvalue weighted by atomic mass is 9.95. The molecule has 2 aliphatic rings. The molecule has 5 heteroatoms. The molecule has 1 aliphatic heterocycles. The highest BCUT2D eigenvalue weighted by atomic mass is 16.5. The highest BCUT2D eigenvalue weighted by Gasteiger charge is 2.48. The molecule has 0 spiro atoms. The largest absolute Gasteiger partial charge is 0.465 e. The first-order valence-corrected chi connectivity index (χ1v) is 7.97. The van der Waals surface area contributed by atoms with E-state index >= 15 is 0 Å². The van der Waals surface area contributed by atoms with Crippen molar-refractivity contribution in [3.05, 3.63) is 0 Å². The topological polar surface area (TPSA) is 64.8 Å². The van der Waals surface area contributed by atoms with E-state index in [0.717, 1.165) is 19.5 Å². The van der Waals surface area contributed by atoms with Gasteiger partial charge in [-0.3, -0.25) is 9.69 Å². The summed E-state index contributed by atoms with van der Waals surface area (Å²) in [5.41, 5.74) is 5.13. The van der Waals surface area contributed by atoms with Gasteiger partial charge in [0.2, 0.25) is 0 Å². The fourth-order valence-corrected chi connectivity index (χ4v) is 3.93. The van der Waals surface area contributed by atoms with Crippen LogP contribution < -0.4 is 5.73 Å². The normalized spacial score (nSPS) is 35.6. The van der Waals surface area contributed by atoms with Gasteiger partial charge < -0.3 is 15.2 Å². The quantitative estimate of drug-likeness (QED) is 0.803. The number of esters is 1. The monoisotopic (exact) mass is 298 g/mol. The summed E-state index contributed by atoms with van der Waals surface area (Å²) < 4.78 is 11.3. The van der Waals surface area contributed by atoms with Crippen LogP contribution in [-0.2, 0) is 14.3 Å². The maximum absolute atomic E-state index is 12.1. The molecule has 1 saturated heterocycles. The highest BCUT2D eigenvalue weighted by molar-refractivity contribution is 5.81. The van der Waals surface area contributed by atoms with E-state index in [0.29, 0.717) is 25.5 Å². The van der Waals surface area contributed by atoms with Gasteiger partial charge in [0.25, 0.3) is 0 Å². The molecule has 0 bridgehead atoms. The number of hydrogen-bond donors (Lipinski definition) is 1. The van der Waals surface area contributed by atoms with Crippen LogP contribution in [0.5, 0.6) is 0 Å². The van der Waals surface area contributed by atoms with Gasteiger partial charge in [-0.15, -0.1) is 0 Å². The Bertz CT molecular complexity index is 392. The van der Waals surface area contributed by atoms with Crippen molar-refractivity contribution in [1.29, 1.82) is 0 Å². The van der Waals surface area contributed by atoms with Gasteiger partial charge in [0.1, 0.15) is 5.54 Å². The fraction of sp³-hybridized carbons (Fsp3) is 0.938. The third-order valence-corrected chi connectivity index (χ3v) is 4.44. The molecular weight excluding hydrogens is 268 g/mol. The van der Waals surface area contributed by atoms with E-state index < -0.39 is 5.54 Å². The van der Waals surface area contributed by atoms with Gasteiger partial charge in [0.15, 0.2) is 0 Å². The van der Waals surface area contributed by atoms with Gasteiger partial charge in [-0.05, 0) is 53.9 Å². The second-order valence-corrected chi connectivity index (χ2v) is 7.80. The fourth-order valence-electron chi connectivity index (χ4n) is 3.93. The van der Waals surface area contributed by atoms with Gasteiger partial charge in [0, 0.05) is 19.1 Å². The van der Waals surface area contributed by atoms with Crippen molar-refractivity contribution in [3.63, 3.8) is 0 Å². The van der Waals surface area contributed by atoms with Crippen molar-refractivity contribution in [2.24, 2.45) is 5.73 Å². The van der Waals surface area contributed by atoms with E-state index in [1.54, 1.807) is 0 Å². The van der Waals surface area contributed by atoms with Crippen LogP contribution in [0, 0.1) is 0 Å². The molecule has 5 nitrogen and oxygen atoms in total. The van der Waals surface area contributed by atoms with E-state index in [1.165, 1.54) is 0 Å². The molecule has 2 N–H and O–H groups in total. The maximum atomic E-state index is 12.1. The summed E-state index contributed by atoms with van der Waals surface area (Å²) in [5.74, 6) is -0.251. The van der Waals surface area contributed by atoms with Crippen molar-refractivity contribution in [3.8, 4) is 0 Å². The third-order valence-electron chi connectivity index (χ3n) is 4.44. The van der Waals surface area contributed by atoms with Crippen molar-refractivity contribution in [1.82, 2.24) is 4.90 Å². The van der Waals surface area contributed by atoms with Crippen LogP contribution in [-0.4, -0.2) is 53.3 Å². The molecule has 0 amide bonds. The Morgan fingerprint density at radius 3 is 2.38 bits per heavy atom. The van der Waals surface area contributed by atoms with E-state index in [9.17, 15) is 4.79 Å². The highest BCUT2D eigenvalue weighted by Crippen LogP contribution is 2.37. The van der Waals surface area contributed by atoms with Gasteiger partial charge in [-0.25, -0.2) is 0 Å². The van der Waals surface area contributed by atoms with Crippen LogP contribution in [0.1, 0.15) is 53.9 Å². The number of nitrogens with zero attached hydrogens (tertiary/aromatic N) is 1. The predicted octanol–water partition coefficient (Wildman–Crippen LogP) is 1.69. The Morgan fingerprint density at radius 2 is 1.86 bits per heavy atom. The number of ether oxygens (including phenoxy) is 2. The molecule has 2 rings (SSSR count). The molecule has 0 aromatic heterocycles. The van der Waals surface area contributed by atoms with Crippen LogP contribution in [0.2, 0.25) is 0 Å². The first-order valence-electron chi connectivity index (χ1n) is 7.97. The van der Waals surface area contributed by atoms with Crippen LogP contribution in [0.4, 0.5) is 0 Å². The lowest BCUT2D eigenvalue weighted by Crippen LogP contribution is -2.60. The molecule has 2 unspecified atom stereocenters. The average Bonchev–Trinajstić information content (AvgIpc) is 2.70. The first kappa shape index (κ1) is 16.7. The summed E-state index contributed by atoms with van der Waals surface area (Å²) in [4.78, 5) is 14.5. The summed E-state index contributed by atoms with van der Waals surface area (Å²) >= 11 is 0. The zero-order chi connectivity index (χ0) is 15.9. The van der Waals surface area contributed by atoms with Gasteiger partial charge >= 0.3 is 5.97 Å². The van der Waals surface area contributed by atoms with Crippen molar-refractivity contribution < 1.29 is 14.3 Å². The molecule has 0 aromatic rings. The summed E-state index contributed by atoms with van der Waals surface area (Å²) in [6.45, 7) is 12.4. The van der Waals surface area contributed by atoms with Crippen molar-refractivity contribution >= 4 is 5.97 Å². The van der Waals surface area contributed by atoms with Crippen LogP contribution >= 0.6 is 0 Å². The average molecular weight is 298 g/mol. The molecule has 21 heavy (non-hydrogen) atoms. The molecule has 1 saturated carbocycles. The second kappa shape index (κ2) is 5.52. The van der Waals surface area contributed by atoms with Gasteiger partial charge in [-0.2, -0.15) is 0 Å². The van der Waals surface area contributed by atoms with Crippen molar-refractivity contribution in [2.45, 2.75) is 76.7 Å². The minimum atomic E-state index is -0.812. The zero-order valence-corrected chi connectivity index (χ0v) is 14.1. The Balaban J connectivity index is 2.05. The SMILES string of the molecule is CCOC(=O)C1(N)CCC(N2CC(C)(C)OC(C)(C)C2)C1. The molecular formula is C16H30N2O3. The van der Waals surface area contributed by atoms with Gasteiger partial charge in [-0.1, -0.05) is 0 Å². The summed E-state index contributed by atoms with van der Waals surface area (Å²) in [5, 5.41) is 0. The predicted molar refractivity (Wildman–Crippen MR) is 82.0 cm³/mol. The van der Waals surface area contributed by atoms with E-state index in [-0.39, 0.29) is 17.2 Å². The van der Waals surface area contributed by atoms with E-state index in [2.05, 4.69) is 32.6 Å².